The first-order valence-corrected chi connectivity index (χ1v) is 5.61. The second-order valence-corrected chi connectivity index (χ2v) is 5.42. The van der Waals surface area contributed by atoms with Crippen LogP contribution in [0.1, 0.15) is 6.92 Å². The smallest absolute Gasteiger partial charge is 0.213 e. The van der Waals surface area contributed by atoms with Crippen molar-refractivity contribution in [1.82, 2.24) is 6.15 Å². The zero-order valence-corrected chi connectivity index (χ0v) is 12.6. The standard InChI is InChI=1S/C11H24NO4.ClH.H3N/c1-7-8(6-13)16-11(15-5)9(10(7)14)12(2,3)4;;/h7-11,13-14H,6H2,1-5H3;1H;1H3/q+1;;/p-1. The summed E-state index contributed by atoms with van der Waals surface area (Å²) in [5.41, 5.74) is 0. The number of ether oxygens (including phenoxy) is 2. The maximum Gasteiger partial charge on any atom is 0.213 e. The molecule has 5 atom stereocenters. The van der Waals surface area contributed by atoms with Crippen molar-refractivity contribution < 1.29 is 36.6 Å². The van der Waals surface area contributed by atoms with Crippen LogP contribution in [-0.2, 0) is 9.47 Å². The highest BCUT2D eigenvalue weighted by atomic mass is 35.5. The number of likely N-dealkylation sites (N-methyl/N-ethyl adjacent to an activating group) is 1. The minimum atomic E-state index is -0.546. The molecule has 0 aromatic heterocycles. The Balaban J connectivity index is 0. The van der Waals surface area contributed by atoms with E-state index in [0.717, 1.165) is 0 Å². The number of methoxy groups -OCH3 is 1. The van der Waals surface area contributed by atoms with Crippen LogP contribution in [0, 0.1) is 5.92 Å². The third-order valence-corrected chi connectivity index (χ3v) is 3.37. The van der Waals surface area contributed by atoms with Gasteiger partial charge in [-0.15, -0.1) is 0 Å². The molecule has 112 valence electrons. The molecular formula is C11H27ClN2O4. The molecule has 1 aliphatic rings. The molecule has 1 heterocycles. The molecule has 5 unspecified atom stereocenters. The number of aliphatic hydroxyl groups is 2. The first kappa shape index (κ1) is 20.4. The Morgan fingerprint density at radius 3 is 2.11 bits per heavy atom. The molecule has 7 heteroatoms. The van der Waals surface area contributed by atoms with Gasteiger partial charge in [-0.3, -0.25) is 0 Å². The maximum absolute atomic E-state index is 10.3. The minimum absolute atomic E-state index is 0. The van der Waals surface area contributed by atoms with Crippen LogP contribution >= 0.6 is 0 Å². The fourth-order valence-electron chi connectivity index (χ4n) is 2.30. The zero-order valence-electron chi connectivity index (χ0n) is 11.8. The first-order chi connectivity index (χ1) is 7.32. The lowest BCUT2D eigenvalue weighted by molar-refractivity contribution is -0.909. The van der Waals surface area contributed by atoms with E-state index in [4.69, 9.17) is 9.47 Å². The number of rotatable bonds is 3. The van der Waals surface area contributed by atoms with E-state index in [1.165, 1.54) is 0 Å². The van der Waals surface area contributed by atoms with E-state index >= 15 is 0 Å². The molecule has 0 saturated carbocycles. The topological polar surface area (TPSA) is 93.9 Å². The lowest BCUT2D eigenvalue weighted by atomic mass is 9.88. The number of aliphatic hydroxyl groups excluding tert-OH is 2. The van der Waals surface area contributed by atoms with Crippen molar-refractivity contribution in [2.45, 2.75) is 31.5 Å². The Morgan fingerprint density at radius 1 is 1.28 bits per heavy atom. The molecule has 1 aliphatic heterocycles. The summed E-state index contributed by atoms with van der Waals surface area (Å²) in [7, 11) is 7.55. The van der Waals surface area contributed by atoms with E-state index < -0.39 is 12.4 Å². The van der Waals surface area contributed by atoms with Crippen molar-refractivity contribution >= 4 is 0 Å². The summed E-state index contributed by atoms with van der Waals surface area (Å²) in [6.45, 7) is 1.79. The van der Waals surface area contributed by atoms with Crippen LogP contribution in [0.4, 0.5) is 0 Å². The minimum Gasteiger partial charge on any atom is -1.00 e. The van der Waals surface area contributed by atoms with Gasteiger partial charge in [0.1, 0.15) is 6.10 Å². The molecule has 0 bridgehead atoms. The lowest BCUT2D eigenvalue weighted by Crippen LogP contribution is -3.00. The van der Waals surface area contributed by atoms with Crippen LogP contribution < -0.4 is 18.6 Å². The molecule has 1 rings (SSSR count). The third-order valence-electron chi connectivity index (χ3n) is 3.37. The monoisotopic (exact) mass is 286 g/mol. The number of hydrogen-bond donors (Lipinski definition) is 3. The van der Waals surface area contributed by atoms with Crippen molar-refractivity contribution in [3.63, 3.8) is 0 Å². The van der Waals surface area contributed by atoms with Crippen LogP contribution in [-0.4, -0.2) is 74.1 Å². The van der Waals surface area contributed by atoms with E-state index in [0.29, 0.717) is 4.48 Å². The molecule has 6 nitrogen and oxygen atoms in total. The van der Waals surface area contributed by atoms with Gasteiger partial charge in [-0.1, -0.05) is 6.92 Å². The van der Waals surface area contributed by atoms with Gasteiger partial charge in [0.05, 0.1) is 33.9 Å². The SMILES string of the molecule is COC1OC(CO)C(C)C(O)C1[N+](C)(C)C.N.[Cl-]. The number of nitrogens with zero attached hydrogens (tertiary/aromatic N) is 1. The van der Waals surface area contributed by atoms with E-state index in [9.17, 15) is 10.2 Å². The number of quaternary nitrogens is 1. The summed E-state index contributed by atoms with van der Waals surface area (Å²) >= 11 is 0. The van der Waals surface area contributed by atoms with Crippen LogP contribution in [0.25, 0.3) is 0 Å². The van der Waals surface area contributed by atoms with Crippen LogP contribution in [0.2, 0.25) is 0 Å². The zero-order chi connectivity index (χ0) is 12.5. The number of hydrogen-bond acceptors (Lipinski definition) is 5. The average Bonchev–Trinajstić information content (AvgIpc) is 2.19. The Bertz CT molecular complexity index is 236. The second-order valence-electron chi connectivity index (χ2n) is 5.42. The van der Waals surface area contributed by atoms with Crippen molar-refractivity contribution in [3.8, 4) is 0 Å². The molecule has 1 saturated heterocycles. The highest BCUT2D eigenvalue weighted by molar-refractivity contribution is 4.87. The molecule has 0 aliphatic carbocycles. The largest absolute Gasteiger partial charge is 1.00 e. The normalized spacial score (nSPS) is 36.5. The third kappa shape index (κ3) is 4.03. The van der Waals surface area contributed by atoms with Gasteiger partial charge >= 0.3 is 0 Å². The molecule has 18 heavy (non-hydrogen) atoms. The van der Waals surface area contributed by atoms with Gasteiger partial charge in [-0.2, -0.15) is 0 Å². The Labute approximate surface area is 115 Å². The van der Waals surface area contributed by atoms with Gasteiger partial charge in [0, 0.05) is 13.0 Å². The first-order valence-electron chi connectivity index (χ1n) is 5.61. The fraction of sp³-hybridized carbons (Fsp3) is 1.00. The number of halogens is 1. The van der Waals surface area contributed by atoms with Gasteiger partial charge in [0.25, 0.3) is 0 Å². The lowest BCUT2D eigenvalue weighted by Gasteiger charge is -2.47. The van der Waals surface area contributed by atoms with E-state index in [1.807, 2.05) is 28.1 Å². The fourth-order valence-corrected chi connectivity index (χ4v) is 2.30. The second kappa shape index (κ2) is 7.59. The van der Waals surface area contributed by atoms with Gasteiger partial charge < -0.3 is 42.7 Å². The Hall–Kier alpha value is 0.0500. The van der Waals surface area contributed by atoms with Crippen LogP contribution in [0.5, 0.6) is 0 Å². The van der Waals surface area contributed by atoms with Crippen molar-refractivity contribution in [2.75, 3.05) is 34.9 Å². The van der Waals surface area contributed by atoms with Gasteiger partial charge in [0.2, 0.25) is 6.29 Å². The Morgan fingerprint density at radius 2 is 1.78 bits per heavy atom. The Kier molecular flexibility index (Phi) is 8.59. The summed E-state index contributed by atoms with van der Waals surface area (Å²) in [5.74, 6) is -0.0984. The van der Waals surface area contributed by atoms with Crippen LogP contribution in [0.15, 0.2) is 0 Å². The average molecular weight is 287 g/mol. The van der Waals surface area contributed by atoms with Gasteiger partial charge in [-0.25, -0.2) is 0 Å². The summed E-state index contributed by atoms with van der Waals surface area (Å²) in [6.07, 6.45) is -1.39. The molecule has 0 radical (unpaired) electrons. The summed E-state index contributed by atoms with van der Waals surface area (Å²) in [5, 5.41) is 19.5. The molecule has 0 spiro atoms. The predicted molar refractivity (Wildman–Crippen MR) is 64.8 cm³/mol. The van der Waals surface area contributed by atoms with Gasteiger partial charge in [-0.05, 0) is 0 Å². The van der Waals surface area contributed by atoms with E-state index in [2.05, 4.69) is 0 Å². The molecule has 0 aromatic rings. The molecule has 1 fully saturated rings. The summed E-state index contributed by atoms with van der Waals surface area (Å²) < 4.78 is 11.5. The summed E-state index contributed by atoms with van der Waals surface area (Å²) in [4.78, 5) is 0. The van der Waals surface area contributed by atoms with Crippen LogP contribution in [0.3, 0.4) is 0 Å². The predicted octanol–water partition coefficient (Wildman–Crippen LogP) is -3.41. The van der Waals surface area contributed by atoms with Crippen molar-refractivity contribution in [1.29, 1.82) is 0 Å². The van der Waals surface area contributed by atoms with Gasteiger partial charge in [0.15, 0.2) is 6.04 Å². The highest BCUT2D eigenvalue weighted by Gasteiger charge is 2.49. The molecule has 0 aromatic carbocycles. The quantitative estimate of drug-likeness (QED) is 0.470. The molecule has 0 amide bonds. The maximum atomic E-state index is 10.3. The molecule has 5 N–H and O–H groups in total. The molecular weight excluding hydrogens is 260 g/mol. The van der Waals surface area contributed by atoms with E-state index in [-0.39, 0.29) is 43.2 Å². The highest BCUT2D eigenvalue weighted by Crippen LogP contribution is 2.30. The van der Waals surface area contributed by atoms with Crippen molar-refractivity contribution in [3.05, 3.63) is 0 Å². The van der Waals surface area contributed by atoms with E-state index in [1.54, 1.807) is 7.11 Å². The summed E-state index contributed by atoms with van der Waals surface area (Å²) in [6, 6.07) is -0.150. The van der Waals surface area contributed by atoms with Crippen molar-refractivity contribution in [2.24, 2.45) is 5.92 Å².